The number of pyridine rings is 1. The Balaban J connectivity index is 2.76. The number of fused-ring (bicyclic) bond motifs is 1. The first-order valence-electron chi connectivity index (χ1n) is 5.14. The molecule has 0 atom stereocenters. The zero-order valence-corrected chi connectivity index (χ0v) is 9.70. The molecule has 2 aromatic rings. The van der Waals surface area contributed by atoms with Crippen molar-refractivity contribution in [2.45, 2.75) is 33.1 Å². The van der Waals surface area contributed by atoms with Crippen LogP contribution in [0.5, 0.6) is 0 Å². The van der Waals surface area contributed by atoms with Gasteiger partial charge in [-0.05, 0) is 19.1 Å². The first kappa shape index (κ1) is 10.0. The van der Waals surface area contributed by atoms with Crippen molar-refractivity contribution in [2.24, 2.45) is 0 Å². The SMILES string of the molecule is Cc1ccc(N)c2nc(C(C)(C)C)cn12. The van der Waals surface area contributed by atoms with Crippen molar-refractivity contribution >= 4 is 11.3 Å². The highest BCUT2D eigenvalue weighted by Crippen LogP contribution is 2.24. The zero-order chi connectivity index (χ0) is 11.2. The molecule has 80 valence electrons. The van der Waals surface area contributed by atoms with Gasteiger partial charge in [0.2, 0.25) is 0 Å². The van der Waals surface area contributed by atoms with Crippen LogP contribution in [0.25, 0.3) is 5.65 Å². The fraction of sp³-hybridized carbons (Fsp3) is 0.417. The molecule has 0 spiro atoms. The summed E-state index contributed by atoms with van der Waals surface area (Å²) in [6.45, 7) is 8.52. The summed E-state index contributed by atoms with van der Waals surface area (Å²) < 4.78 is 2.05. The summed E-state index contributed by atoms with van der Waals surface area (Å²) >= 11 is 0. The van der Waals surface area contributed by atoms with Gasteiger partial charge in [0.05, 0.1) is 11.4 Å². The number of anilines is 1. The normalized spacial score (nSPS) is 12.3. The minimum Gasteiger partial charge on any atom is -0.396 e. The zero-order valence-electron chi connectivity index (χ0n) is 9.70. The van der Waals surface area contributed by atoms with Crippen molar-refractivity contribution < 1.29 is 0 Å². The molecule has 0 fully saturated rings. The van der Waals surface area contributed by atoms with E-state index in [9.17, 15) is 0 Å². The smallest absolute Gasteiger partial charge is 0.160 e. The topological polar surface area (TPSA) is 43.3 Å². The van der Waals surface area contributed by atoms with Crippen LogP contribution in [0.2, 0.25) is 0 Å². The van der Waals surface area contributed by atoms with E-state index in [2.05, 4.69) is 43.3 Å². The standard InChI is InChI=1S/C12H17N3/c1-8-5-6-9(13)11-14-10(7-15(8)11)12(2,3)4/h5-7H,13H2,1-4H3. The van der Waals surface area contributed by atoms with E-state index in [1.165, 1.54) is 0 Å². The van der Waals surface area contributed by atoms with Crippen molar-refractivity contribution in [2.75, 3.05) is 5.73 Å². The molecule has 2 N–H and O–H groups in total. The van der Waals surface area contributed by atoms with Gasteiger partial charge in [-0.1, -0.05) is 20.8 Å². The molecule has 15 heavy (non-hydrogen) atoms. The molecule has 3 nitrogen and oxygen atoms in total. The van der Waals surface area contributed by atoms with E-state index in [-0.39, 0.29) is 5.41 Å². The highest BCUT2D eigenvalue weighted by Gasteiger charge is 2.18. The maximum absolute atomic E-state index is 5.90. The molecule has 2 aromatic heterocycles. The molecule has 0 radical (unpaired) electrons. The van der Waals surface area contributed by atoms with Gasteiger partial charge in [0.1, 0.15) is 0 Å². The van der Waals surface area contributed by atoms with E-state index in [4.69, 9.17) is 5.73 Å². The third kappa shape index (κ3) is 1.58. The molecule has 2 heterocycles. The van der Waals surface area contributed by atoms with Crippen LogP contribution in [-0.2, 0) is 5.41 Å². The lowest BCUT2D eigenvalue weighted by Gasteiger charge is -2.13. The number of hydrogen-bond acceptors (Lipinski definition) is 2. The average molecular weight is 203 g/mol. The van der Waals surface area contributed by atoms with Gasteiger partial charge in [0.15, 0.2) is 5.65 Å². The van der Waals surface area contributed by atoms with Crippen molar-refractivity contribution in [1.82, 2.24) is 9.38 Å². The summed E-state index contributed by atoms with van der Waals surface area (Å²) in [5, 5.41) is 0. The van der Waals surface area contributed by atoms with E-state index in [0.717, 1.165) is 22.7 Å². The van der Waals surface area contributed by atoms with Crippen molar-refractivity contribution in [1.29, 1.82) is 0 Å². The summed E-state index contributed by atoms with van der Waals surface area (Å²) in [7, 11) is 0. The lowest BCUT2D eigenvalue weighted by Crippen LogP contribution is -2.11. The third-order valence-electron chi connectivity index (χ3n) is 2.62. The first-order chi connectivity index (χ1) is 6.89. The predicted octanol–water partition coefficient (Wildman–Crippen LogP) is 2.52. The number of aryl methyl sites for hydroxylation is 1. The van der Waals surface area contributed by atoms with E-state index >= 15 is 0 Å². The van der Waals surface area contributed by atoms with E-state index in [1.807, 2.05) is 12.1 Å². The summed E-state index contributed by atoms with van der Waals surface area (Å²) in [6, 6.07) is 3.92. The third-order valence-corrected chi connectivity index (χ3v) is 2.62. The summed E-state index contributed by atoms with van der Waals surface area (Å²) in [5.74, 6) is 0. The summed E-state index contributed by atoms with van der Waals surface area (Å²) in [5.41, 5.74) is 9.78. The number of rotatable bonds is 0. The molecule has 2 rings (SSSR count). The van der Waals surface area contributed by atoms with E-state index < -0.39 is 0 Å². The molecule has 0 saturated heterocycles. The summed E-state index contributed by atoms with van der Waals surface area (Å²) in [4.78, 5) is 4.58. The molecule has 0 aliphatic heterocycles. The van der Waals surface area contributed by atoms with E-state index in [0.29, 0.717) is 0 Å². The maximum atomic E-state index is 5.90. The molecule has 0 aliphatic rings. The summed E-state index contributed by atoms with van der Waals surface area (Å²) in [6.07, 6.45) is 2.07. The molecule has 0 aromatic carbocycles. The number of nitrogens with two attached hydrogens (primary N) is 1. The second kappa shape index (κ2) is 2.99. The monoisotopic (exact) mass is 203 g/mol. The van der Waals surface area contributed by atoms with E-state index in [1.54, 1.807) is 0 Å². The first-order valence-corrected chi connectivity index (χ1v) is 5.14. The van der Waals surface area contributed by atoms with Crippen molar-refractivity contribution in [3.63, 3.8) is 0 Å². The van der Waals surface area contributed by atoms with Crippen LogP contribution in [0.15, 0.2) is 18.3 Å². The molecule has 0 bridgehead atoms. The Morgan fingerprint density at radius 2 is 1.93 bits per heavy atom. The lowest BCUT2D eigenvalue weighted by molar-refractivity contribution is 0.573. The molecule has 0 amide bonds. The highest BCUT2D eigenvalue weighted by molar-refractivity contribution is 5.65. The predicted molar refractivity (Wildman–Crippen MR) is 63.0 cm³/mol. The molecule has 0 unspecified atom stereocenters. The van der Waals surface area contributed by atoms with Gasteiger partial charge in [-0.15, -0.1) is 0 Å². The minimum absolute atomic E-state index is 0.0604. The number of nitrogens with zero attached hydrogens (tertiary/aromatic N) is 2. The average Bonchev–Trinajstić information content (AvgIpc) is 2.56. The quantitative estimate of drug-likeness (QED) is 0.715. The fourth-order valence-corrected chi connectivity index (χ4v) is 1.58. The van der Waals surface area contributed by atoms with Crippen LogP contribution in [0.3, 0.4) is 0 Å². The van der Waals surface area contributed by atoms with Crippen molar-refractivity contribution in [3.8, 4) is 0 Å². The number of imidazole rings is 1. The number of hydrogen-bond donors (Lipinski definition) is 1. The number of nitrogen functional groups attached to an aromatic ring is 1. The van der Waals surface area contributed by atoms with Crippen molar-refractivity contribution in [3.05, 3.63) is 29.7 Å². The Morgan fingerprint density at radius 1 is 1.27 bits per heavy atom. The highest BCUT2D eigenvalue weighted by atomic mass is 15.0. The van der Waals surface area contributed by atoms with Crippen LogP contribution in [-0.4, -0.2) is 9.38 Å². The van der Waals surface area contributed by atoms with Crippen LogP contribution in [0.4, 0.5) is 5.69 Å². The molecular weight excluding hydrogens is 186 g/mol. The van der Waals surface area contributed by atoms with Gasteiger partial charge in [0.25, 0.3) is 0 Å². The van der Waals surface area contributed by atoms with Gasteiger partial charge in [-0.25, -0.2) is 4.98 Å². The van der Waals surface area contributed by atoms with Gasteiger partial charge < -0.3 is 10.1 Å². The molecule has 3 heteroatoms. The van der Waals surface area contributed by atoms with Crippen LogP contribution in [0, 0.1) is 6.92 Å². The van der Waals surface area contributed by atoms with Gasteiger partial charge in [-0.3, -0.25) is 0 Å². The van der Waals surface area contributed by atoms with Gasteiger partial charge >= 0.3 is 0 Å². The minimum atomic E-state index is 0.0604. The Kier molecular flexibility index (Phi) is 2.00. The maximum Gasteiger partial charge on any atom is 0.160 e. The van der Waals surface area contributed by atoms with Crippen LogP contribution in [0.1, 0.15) is 32.2 Å². The van der Waals surface area contributed by atoms with Gasteiger partial charge in [0, 0.05) is 17.3 Å². The number of aromatic nitrogens is 2. The largest absolute Gasteiger partial charge is 0.396 e. The lowest BCUT2D eigenvalue weighted by atomic mass is 9.93. The van der Waals surface area contributed by atoms with Crippen LogP contribution >= 0.6 is 0 Å². The fourth-order valence-electron chi connectivity index (χ4n) is 1.58. The molecule has 0 aliphatic carbocycles. The Morgan fingerprint density at radius 3 is 2.47 bits per heavy atom. The second-order valence-corrected chi connectivity index (χ2v) is 5.00. The van der Waals surface area contributed by atoms with Gasteiger partial charge in [-0.2, -0.15) is 0 Å². The Hall–Kier alpha value is -1.51. The Bertz CT molecular complexity index is 464. The van der Waals surface area contributed by atoms with Crippen LogP contribution < -0.4 is 5.73 Å². The molecular formula is C12H17N3. The Labute approximate surface area is 89.9 Å². The second-order valence-electron chi connectivity index (χ2n) is 5.00. The molecule has 0 saturated carbocycles.